The molecule has 0 aromatic carbocycles. The van der Waals surface area contributed by atoms with Gasteiger partial charge in [0.2, 0.25) is 21.8 Å². The second-order valence-electron chi connectivity index (χ2n) is 5.68. The van der Waals surface area contributed by atoms with E-state index in [9.17, 15) is 18.0 Å². The van der Waals surface area contributed by atoms with Gasteiger partial charge in [-0.1, -0.05) is 24.6 Å². The van der Waals surface area contributed by atoms with Gasteiger partial charge in [-0.3, -0.25) is 9.59 Å². The van der Waals surface area contributed by atoms with Crippen molar-refractivity contribution in [3.8, 4) is 0 Å². The smallest absolute Gasteiger partial charge is 0.244 e. The van der Waals surface area contributed by atoms with Crippen molar-refractivity contribution in [2.24, 2.45) is 5.73 Å². The van der Waals surface area contributed by atoms with Gasteiger partial charge in [-0.15, -0.1) is 0 Å². The number of sulfonamides is 1. The molecule has 2 rings (SSSR count). The minimum atomic E-state index is -3.52. The highest BCUT2D eigenvalue weighted by Crippen LogP contribution is 2.22. The first-order chi connectivity index (χ1) is 11.9. The van der Waals surface area contributed by atoms with Gasteiger partial charge in [0.05, 0.1) is 17.3 Å². The van der Waals surface area contributed by atoms with Crippen molar-refractivity contribution in [1.29, 1.82) is 0 Å². The van der Waals surface area contributed by atoms with E-state index in [0.717, 1.165) is 37.4 Å². The number of thioether (sulfide) groups is 1. The van der Waals surface area contributed by atoms with E-state index in [0.29, 0.717) is 18.1 Å². The van der Waals surface area contributed by atoms with Crippen LogP contribution in [0.1, 0.15) is 25.7 Å². The number of nitrogens with zero attached hydrogens (tertiary/aromatic N) is 2. The normalized spacial score (nSPS) is 16.2. The number of carbonyl (C=O) groups is 2. The van der Waals surface area contributed by atoms with Crippen LogP contribution in [-0.4, -0.2) is 54.9 Å². The van der Waals surface area contributed by atoms with Gasteiger partial charge >= 0.3 is 0 Å². The van der Waals surface area contributed by atoms with E-state index in [2.05, 4.69) is 10.3 Å². The van der Waals surface area contributed by atoms with Crippen LogP contribution in [0.25, 0.3) is 0 Å². The van der Waals surface area contributed by atoms with Crippen molar-refractivity contribution in [3.05, 3.63) is 18.3 Å². The van der Waals surface area contributed by atoms with Crippen molar-refractivity contribution in [3.63, 3.8) is 0 Å². The standard InChI is InChI=1S/C15H22N4O4S2/c16-13(20)10-17-14(21)11-24-15-6-5-12(9-18-15)25(22,23)19-7-3-1-2-4-8-19/h5-6,9H,1-4,7-8,10-11H2,(H2,16,20)(H,17,21). The third kappa shape index (κ3) is 5.98. The summed E-state index contributed by atoms with van der Waals surface area (Å²) >= 11 is 1.15. The molecule has 0 radical (unpaired) electrons. The Labute approximate surface area is 151 Å². The molecule has 10 heteroatoms. The van der Waals surface area contributed by atoms with Gasteiger partial charge in [0.15, 0.2) is 0 Å². The van der Waals surface area contributed by atoms with Crippen molar-refractivity contribution in [2.45, 2.75) is 35.6 Å². The van der Waals surface area contributed by atoms with Crippen LogP contribution in [0.4, 0.5) is 0 Å². The topological polar surface area (TPSA) is 122 Å². The Bertz CT molecular complexity index is 699. The van der Waals surface area contributed by atoms with Crippen LogP contribution in [0.2, 0.25) is 0 Å². The highest BCUT2D eigenvalue weighted by atomic mass is 32.2. The predicted molar refractivity (Wildman–Crippen MR) is 94.4 cm³/mol. The molecule has 1 fully saturated rings. The molecule has 2 amide bonds. The van der Waals surface area contributed by atoms with Crippen LogP contribution in [0.3, 0.4) is 0 Å². The second kappa shape index (κ2) is 9.16. The molecule has 0 saturated carbocycles. The summed E-state index contributed by atoms with van der Waals surface area (Å²) in [6, 6.07) is 3.09. The van der Waals surface area contributed by atoms with Crippen molar-refractivity contribution in [1.82, 2.24) is 14.6 Å². The van der Waals surface area contributed by atoms with E-state index in [1.54, 1.807) is 6.07 Å². The van der Waals surface area contributed by atoms with Gasteiger partial charge < -0.3 is 11.1 Å². The zero-order valence-corrected chi connectivity index (χ0v) is 15.4. The predicted octanol–water partition coefficient (Wildman–Crippen LogP) is 0.340. The monoisotopic (exact) mass is 386 g/mol. The summed E-state index contributed by atoms with van der Waals surface area (Å²) in [4.78, 5) is 26.4. The fourth-order valence-corrected chi connectivity index (χ4v) is 4.55. The molecule has 0 spiro atoms. The van der Waals surface area contributed by atoms with E-state index < -0.39 is 15.9 Å². The third-order valence-corrected chi connectivity index (χ3v) is 6.55. The van der Waals surface area contributed by atoms with E-state index in [1.165, 1.54) is 16.6 Å². The molecule has 1 aromatic heterocycles. The largest absolute Gasteiger partial charge is 0.368 e. The van der Waals surface area contributed by atoms with Crippen molar-refractivity contribution < 1.29 is 18.0 Å². The molecule has 25 heavy (non-hydrogen) atoms. The molecule has 1 aromatic rings. The number of amides is 2. The first-order valence-corrected chi connectivity index (χ1v) is 10.5. The van der Waals surface area contributed by atoms with Gasteiger partial charge in [0, 0.05) is 19.3 Å². The number of nitrogens with two attached hydrogens (primary N) is 1. The van der Waals surface area contributed by atoms with Crippen molar-refractivity contribution >= 4 is 33.6 Å². The average molecular weight is 386 g/mol. The Hall–Kier alpha value is -1.65. The van der Waals surface area contributed by atoms with E-state index in [4.69, 9.17) is 5.73 Å². The van der Waals surface area contributed by atoms with E-state index in [1.807, 2.05) is 0 Å². The number of nitrogens with one attached hydrogen (secondary N) is 1. The summed E-state index contributed by atoms with van der Waals surface area (Å²) in [5.41, 5.74) is 4.94. The molecular weight excluding hydrogens is 364 g/mol. The summed E-state index contributed by atoms with van der Waals surface area (Å²) in [5.74, 6) is -0.884. The SMILES string of the molecule is NC(=O)CNC(=O)CSc1ccc(S(=O)(=O)N2CCCCCC2)cn1. The summed E-state index contributed by atoms with van der Waals surface area (Å²) < 4.78 is 26.8. The lowest BCUT2D eigenvalue weighted by Gasteiger charge is -2.19. The zero-order chi connectivity index (χ0) is 18.3. The maximum atomic E-state index is 12.6. The quantitative estimate of drug-likeness (QED) is 0.652. The van der Waals surface area contributed by atoms with Crippen LogP contribution in [0, 0.1) is 0 Å². The molecule has 8 nitrogen and oxygen atoms in total. The van der Waals surface area contributed by atoms with Gasteiger partial charge in [0.1, 0.15) is 4.90 Å². The molecule has 2 heterocycles. The Morgan fingerprint density at radius 2 is 1.88 bits per heavy atom. The lowest BCUT2D eigenvalue weighted by Crippen LogP contribution is -2.34. The Kier molecular flexibility index (Phi) is 7.21. The molecule has 138 valence electrons. The van der Waals surface area contributed by atoms with Gasteiger partial charge in [0.25, 0.3) is 0 Å². The number of aromatic nitrogens is 1. The highest BCUT2D eigenvalue weighted by Gasteiger charge is 2.25. The molecule has 1 saturated heterocycles. The van der Waals surface area contributed by atoms with Crippen LogP contribution in [-0.2, 0) is 19.6 Å². The van der Waals surface area contributed by atoms with Crippen LogP contribution >= 0.6 is 11.8 Å². The van der Waals surface area contributed by atoms with E-state index in [-0.39, 0.29) is 23.1 Å². The van der Waals surface area contributed by atoms with Crippen LogP contribution in [0.5, 0.6) is 0 Å². The summed E-state index contributed by atoms with van der Waals surface area (Å²) in [6.07, 6.45) is 5.18. The number of pyridine rings is 1. The fraction of sp³-hybridized carbons (Fsp3) is 0.533. The van der Waals surface area contributed by atoms with Gasteiger partial charge in [-0.2, -0.15) is 4.31 Å². The van der Waals surface area contributed by atoms with Crippen LogP contribution < -0.4 is 11.1 Å². The molecule has 1 aliphatic heterocycles. The lowest BCUT2D eigenvalue weighted by molar-refractivity contribution is -0.123. The Morgan fingerprint density at radius 1 is 1.20 bits per heavy atom. The van der Waals surface area contributed by atoms with E-state index >= 15 is 0 Å². The minimum absolute atomic E-state index is 0.0680. The number of carbonyl (C=O) groups excluding carboxylic acids is 2. The third-order valence-electron chi connectivity index (χ3n) is 3.72. The number of hydrogen-bond donors (Lipinski definition) is 2. The number of primary amides is 1. The molecule has 0 aliphatic carbocycles. The Balaban J connectivity index is 1.94. The molecule has 3 N–H and O–H groups in total. The maximum Gasteiger partial charge on any atom is 0.244 e. The van der Waals surface area contributed by atoms with Crippen molar-refractivity contribution in [2.75, 3.05) is 25.4 Å². The first kappa shape index (κ1) is 19.7. The summed E-state index contributed by atoms with van der Waals surface area (Å²) in [5, 5.41) is 2.90. The molecule has 0 unspecified atom stereocenters. The zero-order valence-electron chi connectivity index (χ0n) is 13.8. The second-order valence-corrected chi connectivity index (χ2v) is 8.62. The fourth-order valence-electron chi connectivity index (χ4n) is 2.41. The Morgan fingerprint density at radius 3 is 2.44 bits per heavy atom. The summed E-state index contributed by atoms with van der Waals surface area (Å²) in [6.45, 7) is 0.873. The van der Waals surface area contributed by atoms with Crippen LogP contribution in [0.15, 0.2) is 28.3 Å². The lowest BCUT2D eigenvalue weighted by atomic mass is 10.2. The maximum absolute atomic E-state index is 12.6. The number of rotatable bonds is 7. The molecule has 1 aliphatic rings. The molecule has 0 bridgehead atoms. The minimum Gasteiger partial charge on any atom is -0.368 e. The summed E-state index contributed by atoms with van der Waals surface area (Å²) in [7, 11) is -3.52. The van der Waals surface area contributed by atoms with Gasteiger partial charge in [-0.25, -0.2) is 13.4 Å². The first-order valence-electron chi connectivity index (χ1n) is 8.03. The number of hydrogen-bond acceptors (Lipinski definition) is 6. The average Bonchev–Trinajstić information content (AvgIpc) is 2.88. The highest BCUT2D eigenvalue weighted by molar-refractivity contribution is 7.99. The van der Waals surface area contributed by atoms with Gasteiger partial charge in [-0.05, 0) is 25.0 Å². The molecular formula is C15H22N4O4S2. The molecule has 0 atom stereocenters.